The van der Waals surface area contributed by atoms with Gasteiger partial charge in [0.1, 0.15) is 0 Å². The highest BCUT2D eigenvalue weighted by molar-refractivity contribution is 5.91. The number of ether oxygens (including phenoxy) is 1. The molecule has 1 rings (SSSR count). The Balaban J connectivity index is 3.04. The van der Waals surface area contributed by atoms with E-state index in [1.807, 2.05) is 6.92 Å². The Morgan fingerprint density at radius 3 is 2.88 bits per heavy atom. The van der Waals surface area contributed by atoms with Crippen LogP contribution in [0.1, 0.15) is 35.6 Å². The Morgan fingerprint density at radius 2 is 2.38 bits per heavy atom. The van der Waals surface area contributed by atoms with Gasteiger partial charge in [-0.3, -0.25) is 4.79 Å². The van der Waals surface area contributed by atoms with Crippen molar-refractivity contribution in [1.29, 1.82) is 0 Å². The lowest BCUT2D eigenvalue weighted by Gasteiger charge is -2.13. The summed E-state index contributed by atoms with van der Waals surface area (Å²) in [5.41, 5.74) is 5.83. The number of rotatable bonds is 6. The van der Waals surface area contributed by atoms with Gasteiger partial charge in [-0.15, -0.1) is 5.10 Å². The number of carbonyl (C=O) groups excluding carboxylic acids is 1. The first-order chi connectivity index (χ1) is 7.61. The molecule has 16 heavy (non-hydrogen) atoms. The van der Waals surface area contributed by atoms with Gasteiger partial charge >= 0.3 is 0 Å². The molecule has 0 aromatic carbocycles. The number of aromatic nitrogens is 3. The van der Waals surface area contributed by atoms with Gasteiger partial charge in [0.25, 0.3) is 5.91 Å². The van der Waals surface area contributed by atoms with Gasteiger partial charge in [0.15, 0.2) is 5.69 Å². The van der Waals surface area contributed by atoms with Crippen LogP contribution in [-0.2, 0) is 11.3 Å². The van der Waals surface area contributed by atoms with Gasteiger partial charge in [-0.25, -0.2) is 4.68 Å². The molecule has 1 aromatic heterocycles. The van der Waals surface area contributed by atoms with Crippen molar-refractivity contribution in [3.05, 3.63) is 11.4 Å². The predicted octanol–water partition coefficient (Wildman–Crippen LogP) is -0.533. The third-order valence-electron chi connectivity index (χ3n) is 2.27. The molecule has 1 amide bonds. The molecule has 0 aliphatic rings. The van der Waals surface area contributed by atoms with E-state index in [2.05, 4.69) is 10.3 Å². The van der Waals surface area contributed by atoms with Crippen LogP contribution in [0.2, 0.25) is 0 Å². The van der Waals surface area contributed by atoms with Crippen molar-refractivity contribution < 1.29 is 14.6 Å². The molecule has 0 saturated heterocycles. The molecule has 1 aromatic rings. The Hall–Kier alpha value is -1.47. The fourth-order valence-electron chi connectivity index (χ4n) is 1.44. The molecule has 1 unspecified atom stereocenters. The van der Waals surface area contributed by atoms with Crippen LogP contribution >= 0.6 is 0 Å². The number of methoxy groups -OCH3 is 1. The molecule has 3 N–H and O–H groups in total. The van der Waals surface area contributed by atoms with Crippen LogP contribution in [-0.4, -0.2) is 39.7 Å². The number of carbonyl (C=O) groups is 1. The second kappa shape index (κ2) is 5.57. The van der Waals surface area contributed by atoms with E-state index in [-0.39, 0.29) is 24.9 Å². The monoisotopic (exact) mass is 228 g/mol. The minimum atomic E-state index is -0.630. The predicted molar refractivity (Wildman–Crippen MR) is 55.7 cm³/mol. The summed E-state index contributed by atoms with van der Waals surface area (Å²) in [4.78, 5) is 11.1. The van der Waals surface area contributed by atoms with Gasteiger partial charge in [0, 0.05) is 13.7 Å². The normalized spacial score (nSPS) is 12.7. The van der Waals surface area contributed by atoms with Crippen LogP contribution < -0.4 is 5.73 Å². The van der Waals surface area contributed by atoms with Crippen molar-refractivity contribution in [2.75, 3.05) is 13.7 Å². The van der Waals surface area contributed by atoms with Crippen LogP contribution in [0.5, 0.6) is 0 Å². The first-order valence-corrected chi connectivity index (χ1v) is 4.95. The van der Waals surface area contributed by atoms with E-state index in [9.17, 15) is 4.79 Å². The SMILES string of the molecule is COCc1c(C(N)=O)nnn1C(C)CCO. The van der Waals surface area contributed by atoms with Crippen LogP contribution in [0.15, 0.2) is 0 Å². The first-order valence-electron chi connectivity index (χ1n) is 4.95. The molecule has 0 fully saturated rings. The van der Waals surface area contributed by atoms with Crippen LogP contribution in [0.25, 0.3) is 0 Å². The number of amides is 1. The molecule has 7 nitrogen and oxygen atoms in total. The highest BCUT2D eigenvalue weighted by Gasteiger charge is 2.20. The lowest BCUT2D eigenvalue weighted by molar-refractivity contribution is 0.0989. The molecular weight excluding hydrogens is 212 g/mol. The molecule has 90 valence electrons. The Labute approximate surface area is 93.2 Å². The fourth-order valence-corrected chi connectivity index (χ4v) is 1.44. The quantitative estimate of drug-likeness (QED) is 0.681. The fraction of sp³-hybridized carbons (Fsp3) is 0.667. The summed E-state index contributed by atoms with van der Waals surface area (Å²) in [7, 11) is 1.51. The number of aliphatic hydroxyl groups excluding tert-OH is 1. The molecule has 7 heteroatoms. The van der Waals surface area contributed by atoms with Gasteiger partial charge < -0.3 is 15.6 Å². The summed E-state index contributed by atoms with van der Waals surface area (Å²) in [5, 5.41) is 16.4. The maximum Gasteiger partial charge on any atom is 0.271 e. The second-order valence-electron chi connectivity index (χ2n) is 3.49. The van der Waals surface area contributed by atoms with Gasteiger partial charge in [0.05, 0.1) is 18.3 Å². The molecular formula is C9H16N4O3. The minimum absolute atomic E-state index is 0.0410. The highest BCUT2D eigenvalue weighted by atomic mass is 16.5. The number of hydrogen-bond acceptors (Lipinski definition) is 5. The molecule has 0 bridgehead atoms. The Morgan fingerprint density at radius 1 is 1.69 bits per heavy atom. The van der Waals surface area contributed by atoms with E-state index in [0.29, 0.717) is 12.1 Å². The lowest BCUT2D eigenvalue weighted by Crippen LogP contribution is -2.17. The molecule has 0 aliphatic heterocycles. The number of hydrogen-bond donors (Lipinski definition) is 2. The number of primary amides is 1. The largest absolute Gasteiger partial charge is 0.396 e. The van der Waals surface area contributed by atoms with Crippen molar-refractivity contribution in [2.24, 2.45) is 5.73 Å². The number of aliphatic hydroxyl groups is 1. The van der Waals surface area contributed by atoms with Gasteiger partial charge in [-0.1, -0.05) is 5.21 Å². The van der Waals surface area contributed by atoms with Gasteiger partial charge in [0.2, 0.25) is 0 Å². The van der Waals surface area contributed by atoms with Crippen LogP contribution in [0.4, 0.5) is 0 Å². The van der Waals surface area contributed by atoms with E-state index in [0.717, 1.165) is 0 Å². The summed E-state index contributed by atoms with van der Waals surface area (Å²) in [6, 6.07) is -0.0595. The van der Waals surface area contributed by atoms with Crippen molar-refractivity contribution in [3.8, 4) is 0 Å². The van der Waals surface area contributed by atoms with E-state index in [1.165, 1.54) is 7.11 Å². The van der Waals surface area contributed by atoms with E-state index >= 15 is 0 Å². The highest BCUT2D eigenvalue weighted by Crippen LogP contribution is 2.15. The maximum absolute atomic E-state index is 11.1. The second-order valence-corrected chi connectivity index (χ2v) is 3.49. The topological polar surface area (TPSA) is 103 Å². The van der Waals surface area contributed by atoms with Crippen molar-refractivity contribution in [1.82, 2.24) is 15.0 Å². The zero-order valence-corrected chi connectivity index (χ0v) is 9.38. The van der Waals surface area contributed by atoms with Gasteiger partial charge in [-0.05, 0) is 13.3 Å². The van der Waals surface area contributed by atoms with E-state index in [4.69, 9.17) is 15.6 Å². The van der Waals surface area contributed by atoms with Crippen molar-refractivity contribution >= 4 is 5.91 Å². The van der Waals surface area contributed by atoms with Crippen LogP contribution in [0.3, 0.4) is 0 Å². The summed E-state index contributed by atoms with van der Waals surface area (Å²) in [6.45, 7) is 2.12. The number of nitrogens with zero attached hydrogens (tertiary/aromatic N) is 3. The first kappa shape index (κ1) is 12.6. The molecule has 0 saturated carbocycles. The summed E-state index contributed by atoms with van der Waals surface area (Å²) in [6.07, 6.45) is 0.526. The third kappa shape index (κ3) is 2.56. The van der Waals surface area contributed by atoms with Crippen molar-refractivity contribution in [2.45, 2.75) is 26.0 Å². The molecule has 1 heterocycles. The zero-order chi connectivity index (χ0) is 12.1. The molecule has 0 radical (unpaired) electrons. The zero-order valence-electron chi connectivity index (χ0n) is 9.38. The average Bonchev–Trinajstić information content (AvgIpc) is 2.62. The Bertz CT molecular complexity index is 364. The van der Waals surface area contributed by atoms with Crippen molar-refractivity contribution in [3.63, 3.8) is 0 Å². The van der Waals surface area contributed by atoms with Crippen LogP contribution in [0, 0.1) is 0 Å². The summed E-state index contributed by atoms with van der Waals surface area (Å²) in [5.74, 6) is -0.630. The smallest absolute Gasteiger partial charge is 0.271 e. The molecule has 0 aliphatic carbocycles. The number of nitrogens with two attached hydrogens (primary N) is 1. The average molecular weight is 228 g/mol. The third-order valence-corrected chi connectivity index (χ3v) is 2.27. The maximum atomic E-state index is 11.1. The summed E-state index contributed by atoms with van der Waals surface area (Å²) >= 11 is 0. The molecule has 1 atom stereocenters. The lowest BCUT2D eigenvalue weighted by atomic mass is 10.2. The standard InChI is InChI=1S/C9H16N4O3/c1-6(3-4-14)13-7(5-16-2)8(9(10)15)11-12-13/h6,14H,3-5H2,1-2H3,(H2,10,15). The van der Waals surface area contributed by atoms with E-state index < -0.39 is 5.91 Å². The summed E-state index contributed by atoms with van der Waals surface area (Å²) < 4.78 is 6.53. The van der Waals surface area contributed by atoms with Gasteiger partial charge in [-0.2, -0.15) is 0 Å². The molecule has 0 spiro atoms. The van der Waals surface area contributed by atoms with E-state index in [1.54, 1.807) is 4.68 Å². The minimum Gasteiger partial charge on any atom is -0.396 e. The Kier molecular flexibility index (Phi) is 4.39.